The fourth-order valence-corrected chi connectivity index (χ4v) is 6.15. The van der Waals surface area contributed by atoms with Crippen LogP contribution < -0.4 is 4.74 Å². The smallest absolute Gasteiger partial charge is 0.163 e. The lowest BCUT2D eigenvalue weighted by Gasteiger charge is -2.41. The Bertz CT molecular complexity index is 1420. The predicted octanol–water partition coefficient (Wildman–Crippen LogP) is 3.80. The summed E-state index contributed by atoms with van der Waals surface area (Å²) in [6.45, 7) is 7.18. The standard InChI is InChI=1S/C25H30ClN5O5S/c1-14-8-7-9-18(35-5)21(14)31-20(29-30-24(31)17-10-19(32)25(17,3)4)13-37(33,34)15(2)22(36-6)23-27-11-16(26)12-28-23/h7-9,11-12,15,17,22H,10,13H2,1-6H3/t15-,17-,22-/m0/s1. The molecule has 0 aliphatic heterocycles. The number of methoxy groups -OCH3 is 2. The van der Waals surface area contributed by atoms with Gasteiger partial charge in [0, 0.05) is 37.3 Å². The van der Waals surface area contributed by atoms with E-state index < -0.39 is 32.4 Å². The minimum Gasteiger partial charge on any atom is -0.495 e. The molecule has 0 unspecified atom stereocenters. The lowest BCUT2D eigenvalue weighted by Crippen LogP contribution is -2.44. The second-order valence-corrected chi connectivity index (χ2v) is 12.6. The molecule has 2 heterocycles. The number of ketones is 1. The van der Waals surface area contributed by atoms with Gasteiger partial charge in [0.2, 0.25) is 0 Å². The van der Waals surface area contributed by atoms with Crippen molar-refractivity contribution in [3.8, 4) is 11.4 Å². The SMILES string of the molecule is COc1cccc(C)c1-n1c(CS(=O)(=O)[C@@H](C)[C@H](OC)c2ncc(Cl)cn2)nnc1[C@@H]1CC(=O)C1(C)C. The van der Waals surface area contributed by atoms with Gasteiger partial charge < -0.3 is 9.47 Å². The van der Waals surface area contributed by atoms with Gasteiger partial charge in [0.15, 0.2) is 21.5 Å². The molecule has 0 spiro atoms. The van der Waals surface area contributed by atoms with Crippen LogP contribution in [0.2, 0.25) is 5.02 Å². The molecule has 37 heavy (non-hydrogen) atoms. The van der Waals surface area contributed by atoms with Crippen LogP contribution in [-0.4, -0.2) is 58.4 Å². The zero-order chi connectivity index (χ0) is 27.1. The predicted molar refractivity (Wildman–Crippen MR) is 138 cm³/mol. The Morgan fingerprint density at radius 1 is 1.19 bits per heavy atom. The number of hydrogen-bond donors (Lipinski definition) is 0. The van der Waals surface area contributed by atoms with Gasteiger partial charge in [0.1, 0.15) is 29.2 Å². The molecule has 1 aliphatic rings. The van der Waals surface area contributed by atoms with E-state index in [9.17, 15) is 13.2 Å². The summed E-state index contributed by atoms with van der Waals surface area (Å²) in [7, 11) is -0.901. The molecule has 0 radical (unpaired) electrons. The summed E-state index contributed by atoms with van der Waals surface area (Å²) < 4.78 is 40.2. The first-order chi connectivity index (χ1) is 17.4. The highest BCUT2D eigenvalue weighted by molar-refractivity contribution is 7.91. The summed E-state index contributed by atoms with van der Waals surface area (Å²) in [5.74, 6) is 0.974. The van der Waals surface area contributed by atoms with Gasteiger partial charge in [0.25, 0.3) is 0 Å². The van der Waals surface area contributed by atoms with E-state index in [4.69, 9.17) is 21.1 Å². The maximum absolute atomic E-state index is 13.7. The van der Waals surface area contributed by atoms with E-state index in [2.05, 4.69) is 20.2 Å². The van der Waals surface area contributed by atoms with Gasteiger partial charge in [-0.25, -0.2) is 18.4 Å². The van der Waals surface area contributed by atoms with Gasteiger partial charge in [0.05, 0.1) is 23.1 Å². The van der Waals surface area contributed by atoms with Crippen molar-refractivity contribution in [1.82, 2.24) is 24.7 Å². The number of benzene rings is 1. The molecule has 1 saturated carbocycles. The molecule has 2 aromatic heterocycles. The van der Waals surface area contributed by atoms with Gasteiger partial charge >= 0.3 is 0 Å². The van der Waals surface area contributed by atoms with E-state index in [-0.39, 0.29) is 23.3 Å². The zero-order valence-corrected chi connectivity index (χ0v) is 23.2. The zero-order valence-electron chi connectivity index (χ0n) is 21.6. The van der Waals surface area contributed by atoms with Crippen LogP contribution in [0, 0.1) is 12.3 Å². The average Bonchev–Trinajstić information content (AvgIpc) is 3.24. The first-order valence-electron chi connectivity index (χ1n) is 11.8. The number of aryl methyl sites for hydroxylation is 1. The molecule has 198 valence electrons. The van der Waals surface area contributed by atoms with Gasteiger partial charge in [-0.15, -0.1) is 10.2 Å². The van der Waals surface area contributed by atoms with Crippen molar-refractivity contribution >= 4 is 27.2 Å². The average molecular weight is 548 g/mol. The molecule has 3 aromatic rings. The van der Waals surface area contributed by atoms with Crippen LogP contribution in [0.5, 0.6) is 5.75 Å². The third kappa shape index (κ3) is 4.87. The third-order valence-corrected chi connectivity index (χ3v) is 9.40. The first-order valence-corrected chi connectivity index (χ1v) is 13.8. The first kappa shape index (κ1) is 27.2. The number of ether oxygens (including phenoxy) is 2. The van der Waals surface area contributed by atoms with Crippen molar-refractivity contribution in [2.45, 2.75) is 57.1 Å². The van der Waals surface area contributed by atoms with E-state index in [1.54, 1.807) is 24.7 Å². The van der Waals surface area contributed by atoms with Gasteiger partial charge in [-0.3, -0.25) is 9.36 Å². The van der Waals surface area contributed by atoms with E-state index >= 15 is 0 Å². The van der Waals surface area contributed by atoms with Crippen molar-refractivity contribution < 1.29 is 22.7 Å². The summed E-state index contributed by atoms with van der Waals surface area (Å²) in [6, 6.07) is 5.55. The number of carbonyl (C=O) groups excluding carboxylic acids is 1. The molecular weight excluding hydrogens is 518 g/mol. The lowest BCUT2D eigenvalue weighted by molar-refractivity contribution is -0.138. The third-order valence-electron chi connectivity index (χ3n) is 7.16. The Morgan fingerprint density at radius 2 is 1.86 bits per heavy atom. The number of aromatic nitrogens is 5. The van der Waals surface area contributed by atoms with E-state index in [1.165, 1.54) is 19.5 Å². The van der Waals surface area contributed by atoms with Crippen LogP contribution in [0.15, 0.2) is 30.6 Å². The van der Waals surface area contributed by atoms with E-state index in [0.29, 0.717) is 28.7 Å². The number of Topliss-reactive ketones (excluding diaryl/α,β-unsaturated/α-hetero) is 1. The van der Waals surface area contributed by atoms with Gasteiger partial charge in [-0.05, 0) is 25.5 Å². The van der Waals surface area contributed by atoms with Crippen molar-refractivity contribution in [2.75, 3.05) is 14.2 Å². The highest BCUT2D eigenvalue weighted by Crippen LogP contribution is 2.50. The monoisotopic (exact) mass is 547 g/mol. The van der Waals surface area contributed by atoms with Crippen molar-refractivity contribution in [2.24, 2.45) is 5.41 Å². The molecule has 0 N–H and O–H groups in total. The summed E-state index contributed by atoms with van der Waals surface area (Å²) >= 11 is 5.89. The van der Waals surface area contributed by atoms with Crippen LogP contribution in [0.25, 0.3) is 5.69 Å². The maximum Gasteiger partial charge on any atom is 0.163 e. The summed E-state index contributed by atoms with van der Waals surface area (Å²) in [5, 5.41) is 8.05. The molecule has 0 saturated heterocycles. The normalized spacial score (nSPS) is 18.8. The summed E-state index contributed by atoms with van der Waals surface area (Å²) in [6.07, 6.45) is 2.17. The largest absolute Gasteiger partial charge is 0.495 e. The number of halogens is 1. The molecule has 0 amide bonds. The highest BCUT2D eigenvalue weighted by atomic mass is 35.5. The van der Waals surface area contributed by atoms with Crippen molar-refractivity contribution in [1.29, 1.82) is 0 Å². The minimum atomic E-state index is -3.86. The Hall–Kier alpha value is -2.89. The van der Waals surface area contributed by atoms with Gasteiger partial charge in [-0.2, -0.15) is 0 Å². The molecule has 1 aliphatic carbocycles. The molecule has 10 nitrogen and oxygen atoms in total. The summed E-state index contributed by atoms with van der Waals surface area (Å²) in [4.78, 5) is 20.6. The Morgan fingerprint density at radius 3 is 2.43 bits per heavy atom. The molecule has 4 rings (SSSR count). The number of para-hydroxylation sites is 1. The second kappa shape index (κ2) is 10.1. The topological polar surface area (TPSA) is 126 Å². The minimum absolute atomic E-state index is 0.123. The molecule has 1 aromatic carbocycles. The van der Waals surface area contributed by atoms with E-state index in [1.807, 2.05) is 32.9 Å². The molecule has 0 bridgehead atoms. The Kier molecular flexibility index (Phi) is 7.42. The number of rotatable bonds is 9. The molecular formula is C25H30ClN5O5S. The van der Waals surface area contributed by atoms with Crippen LogP contribution in [0.3, 0.4) is 0 Å². The Labute approximate surface area is 221 Å². The fraction of sp³-hybridized carbons (Fsp3) is 0.480. The van der Waals surface area contributed by atoms with Gasteiger partial charge in [-0.1, -0.05) is 37.6 Å². The number of carbonyl (C=O) groups is 1. The van der Waals surface area contributed by atoms with Crippen molar-refractivity contribution in [3.05, 3.63) is 58.7 Å². The van der Waals surface area contributed by atoms with E-state index in [0.717, 1.165) is 5.56 Å². The van der Waals surface area contributed by atoms with Crippen LogP contribution >= 0.6 is 11.6 Å². The van der Waals surface area contributed by atoms with Crippen LogP contribution in [0.1, 0.15) is 62.3 Å². The maximum atomic E-state index is 13.7. The van der Waals surface area contributed by atoms with Crippen LogP contribution in [0.4, 0.5) is 0 Å². The quantitative estimate of drug-likeness (QED) is 0.393. The highest BCUT2D eigenvalue weighted by Gasteiger charge is 2.51. The molecule has 12 heteroatoms. The number of nitrogens with zero attached hydrogens (tertiary/aromatic N) is 5. The Balaban J connectivity index is 1.79. The molecule has 1 fully saturated rings. The number of hydrogen-bond acceptors (Lipinski definition) is 9. The fourth-order valence-electron chi connectivity index (χ4n) is 4.63. The van der Waals surface area contributed by atoms with Crippen LogP contribution in [-0.2, 0) is 25.1 Å². The molecule has 3 atom stereocenters. The summed E-state index contributed by atoms with van der Waals surface area (Å²) in [5.41, 5.74) is 0.847. The number of sulfone groups is 1. The lowest BCUT2D eigenvalue weighted by atomic mass is 9.61. The van der Waals surface area contributed by atoms with Crippen molar-refractivity contribution in [3.63, 3.8) is 0 Å². The second-order valence-electron chi connectivity index (χ2n) is 9.77.